The molecule has 3 aromatic carbocycles. The molecule has 6 nitrogen and oxygen atoms in total. The first kappa shape index (κ1) is 24.2. The van der Waals surface area contributed by atoms with Crippen molar-refractivity contribution in [1.29, 1.82) is 0 Å². The zero-order valence-corrected chi connectivity index (χ0v) is 20.5. The molecule has 1 heterocycles. The van der Waals surface area contributed by atoms with Crippen LogP contribution in [0.25, 0.3) is 0 Å². The standard InChI is InChI=1S/C29H31N3O3/c1-4-21-12-8-9-20(2)29(21)30-27(33)17-18-28(34)32-26(23-13-15-24(35-3)16-14-23)19-25(31-32)22-10-6-5-7-11-22/h5-16,26H,4,17-19H2,1-3H3,(H,30,33)/t26-/m1/s1. The smallest absolute Gasteiger partial charge is 0.243 e. The molecule has 0 fully saturated rings. The summed E-state index contributed by atoms with van der Waals surface area (Å²) >= 11 is 0. The minimum absolute atomic E-state index is 0.0808. The highest BCUT2D eigenvalue weighted by atomic mass is 16.5. The summed E-state index contributed by atoms with van der Waals surface area (Å²) in [4.78, 5) is 26.0. The molecule has 0 saturated heterocycles. The highest BCUT2D eigenvalue weighted by molar-refractivity contribution is 6.03. The van der Waals surface area contributed by atoms with Crippen LogP contribution in [0.3, 0.4) is 0 Å². The number of nitrogens with one attached hydrogen (secondary N) is 1. The lowest BCUT2D eigenvalue weighted by molar-refractivity contribution is -0.134. The number of hydrogen-bond donors (Lipinski definition) is 1. The minimum Gasteiger partial charge on any atom is -0.497 e. The quantitative estimate of drug-likeness (QED) is 0.463. The van der Waals surface area contributed by atoms with Gasteiger partial charge < -0.3 is 10.1 Å². The normalized spacial score (nSPS) is 15.0. The first-order valence-electron chi connectivity index (χ1n) is 12.0. The molecule has 0 radical (unpaired) electrons. The predicted octanol–water partition coefficient (Wildman–Crippen LogP) is 5.66. The Balaban J connectivity index is 1.49. The average Bonchev–Trinajstić information content (AvgIpc) is 3.35. The van der Waals surface area contributed by atoms with Crippen LogP contribution < -0.4 is 10.1 Å². The van der Waals surface area contributed by atoms with Gasteiger partial charge in [0.25, 0.3) is 0 Å². The van der Waals surface area contributed by atoms with Crippen molar-refractivity contribution in [3.8, 4) is 5.75 Å². The summed E-state index contributed by atoms with van der Waals surface area (Å²) < 4.78 is 5.28. The Hall–Kier alpha value is -3.93. The third-order valence-electron chi connectivity index (χ3n) is 6.34. The van der Waals surface area contributed by atoms with E-state index in [0.717, 1.165) is 45.8 Å². The van der Waals surface area contributed by atoms with Crippen LogP contribution in [-0.4, -0.2) is 29.6 Å². The van der Waals surface area contributed by atoms with E-state index in [9.17, 15) is 9.59 Å². The predicted molar refractivity (Wildman–Crippen MR) is 139 cm³/mol. The van der Waals surface area contributed by atoms with E-state index in [-0.39, 0.29) is 30.7 Å². The van der Waals surface area contributed by atoms with Crippen LogP contribution in [0.1, 0.15) is 54.5 Å². The molecule has 1 N–H and O–H groups in total. The zero-order valence-electron chi connectivity index (χ0n) is 20.5. The Kier molecular flexibility index (Phi) is 7.60. The molecule has 3 aromatic rings. The second-order valence-corrected chi connectivity index (χ2v) is 8.65. The Bertz CT molecular complexity index is 1220. The van der Waals surface area contributed by atoms with Gasteiger partial charge in [-0.15, -0.1) is 0 Å². The molecule has 1 atom stereocenters. The molecule has 180 valence electrons. The van der Waals surface area contributed by atoms with Crippen molar-refractivity contribution in [3.05, 3.63) is 95.1 Å². The van der Waals surface area contributed by atoms with Gasteiger partial charge in [-0.2, -0.15) is 5.10 Å². The van der Waals surface area contributed by atoms with Gasteiger partial charge in [-0.05, 0) is 47.7 Å². The lowest BCUT2D eigenvalue weighted by atomic mass is 9.98. The maximum absolute atomic E-state index is 13.3. The number of carbonyl (C=O) groups is 2. The molecule has 0 spiro atoms. The molecule has 6 heteroatoms. The number of benzene rings is 3. The molecular formula is C29H31N3O3. The van der Waals surface area contributed by atoms with Crippen molar-refractivity contribution < 1.29 is 14.3 Å². The van der Waals surface area contributed by atoms with Crippen LogP contribution in [-0.2, 0) is 16.0 Å². The van der Waals surface area contributed by atoms with Crippen molar-refractivity contribution in [2.24, 2.45) is 5.10 Å². The van der Waals surface area contributed by atoms with Crippen LogP contribution in [0.5, 0.6) is 5.75 Å². The average molecular weight is 470 g/mol. The summed E-state index contributed by atoms with van der Waals surface area (Å²) in [5, 5.41) is 9.25. The number of anilines is 1. The molecule has 0 aliphatic carbocycles. The fourth-order valence-electron chi connectivity index (χ4n) is 4.37. The van der Waals surface area contributed by atoms with Crippen molar-refractivity contribution >= 4 is 23.2 Å². The van der Waals surface area contributed by atoms with E-state index in [1.165, 1.54) is 0 Å². The van der Waals surface area contributed by atoms with Crippen LogP contribution in [0, 0.1) is 6.92 Å². The van der Waals surface area contributed by atoms with Crippen molar-refractivity contribution in [2.75, 3.05) is 12.4 Å². The number of carbonyl (C=O) groups excluding carboxylic acids is 2. The van der Waals surface area contributed by atoms with Crippen molar-refractivity contribution in [1.82, 2.24) is 5.01 Å². The topological polar surface area (TPSA) is 71.0 Å². The Morgan fingerprint density at radius 1 is 1.00 bits per heavy atom. The summed E-state index contributed by atoms with van der Waals surface area (Å²) in [5.41, 5.74) is 5.77. The van der Waals surface area contributed by atoms with Gasteiger partial charge in [0.05, 0.1) is 18.9 Å². The highest BCUT2D eigenvalue weighted by Crippen LogP contribution is 2.34. The third kappa shape index (κ3) is 5.60. The van der Waals surface area contributed by atoms with E-state index >= 15 is 0 Å². The maximum atomic E-state index is 13.3. The van der Waals surface area contributed by atoms with Gasteiger partial charge in [-0.25, -0.2) is 5.01 Å². The second kappa shape index (κ2) is 11.0. The van der Waals surface area contributed by atoms with Gasteiger partial charge in [-0.1, -0.05) is 67.6 Å². The summed E-state index contributed by atoms with van der Waals surface area (Å²) in [6.45, 7) is 4.03. The monoisotopic (exact) mass is 469 g/mol. The van der Waals surface area contributed by atoms with E-state index in [0.29, 0.717) is 6.42 Å². The zero-order chi connectivity index (χ0) is 24.8. The van der Waals surface area contributed by atoms with Gasteiger partial charge in [0.15, 0.2) is 0 Å². The fraction of sp³-hybridized carbons (Fsp3) is 0.276. The maximum Gasteiger partial charge on any atom is 0.243 e. The minimum atomic E-state index is -0.227. The first-order chi connectivity index (χ1) is 17.0. The van der Waals surface area contributed by atoms with E-state index in [1.54, 1.807) is 12.1 Å². The number of amides is 2. The van der Waals surface area contributed by atoms with E-state index in [1.807, 2.05) is 79.7 Å². The molecule has 0 unspecified atom stereocenters. The number of methoxy groups -OCH3 is 1. The lowest BCUT2D eigenvalue weighted by Gasteiger charge is -2.22. The van der Waals surface area contributed by atoms with E-state index in [2.05, 4.69) is 12.2 Å². The Labute approximate surface area is 206 Å². The Morgan fingerprint density at radius 2 is 1.74 bits per heavy atom. The highest BCUT2D eigenvalue weighted by Gasteiger charge is 2.33. The van der Waals surface area contributed by atoms with Crippen molar-refractivity contribution in [2.45, 2.75) is 45.6 Å². The van der Waals surface area contributed by atoms with Gasteiger partial charge in [0.1, 0.15) is 5.75 Å². The summed E-state index contributed by atoms with van der Waals surface area (Å²) in [5.74, 6) is 0.412. The molecule has 0 saturated carbocycles. The fourth-order valence-corrected chi connectivity index (χ4v) is 4.37. The number of aryl methyl sites for hydroxylation is 2. The summed E-state index contributed by atoms with van der Waals surface area (Å²) in [6.07, 6.45) is 1.61. The number of rotatable bonds is 8. The second-order valence-electron chi connectivity index (χ2n) is 8.65. The molecule has 0 bridgehead atoms. The van der Waals surface area contributed by atoms with Crippen LogP contribution in [0.15, 0.2) is 77.9 Å². The largest absolute Gasteiger partial charge is 0.497 e. The van der Waals surface area contributed by atoms with Crippen LogP contribution in [0.2, 0.25) is 0 Å². The molecule has 2 amide bonds. The van der Waals surface area contributed by atoms with Gasteiger partial charge in [0.2, 0.25) is 11.8 Å². The summed E-state index contributed by atoms with van der Waals surface area (Å²) in [6, 6.07) is 23.3. The molecule has 1 aliphatic heterocycles. The molecular weight excluding hydrogens is 438 g/mol. The molecule has 4 rings (SSSR count). The van der Waals surface area contributed by atoms with Crippen molar-refractivity contribution in [3.63, 3.8) is 0 Å². The lowest BCUT2D eigenvalue weighted by Crippen LogP contribution is -2.28. The van der Waals surface area contributed by atoms with E-state index in [4.69, 9.17) is 9.84 Å². The van der Waals surface area contributed by atoms with Gasteiger partial charge >= 0.3 is 0 Å². The van der Waals surface area contributed by atoms with Crippen LogP contribution in [0.4, 0.5) is 5.69 Å². The first-order valence-corrected chi connectivity index (χ1v) is 12.0. The van der Waals surface area contributed by atoms with Crippen LogP contribution >= 0.6 is 0 Å². The van der Waals surface area contributed by atoms with E-state index < -0.39 is 0 Å². The Morgan fingerprint density at radius 3 is 2.43 bits per heavy atom. The molecule has 35 heavy (non-hydrogen) atoms. The van der Waals surface area contributed by atoms with Gasteiger partial charge in [-0.3, -0.25) is 9.59 Å². The third-order valence-corrected chi connectivity index (χ3v) is 6.34. The molecule has 1 aliphatic rings. The number of hydrogen-bond acceptors (Lipinski definition) is 4. The molecule has 0 aromatic heterocycles. The van der Waals surface area contributed by atoms with Gasteiger partial charge in [0, 0.05) is 24.9 Å². The SMILES string of the molecule is CCc1cccc(C)c1NC(=O)CCC(=O)N1N=C(c2ccccc2)C[C@@H]1c1ccc(OC)cc1. The number of ether oxygens (including phenoxy) is 1. The number of hydrazone groups is 1. The number of para-hydroxylation sites is 1. The number of nitrogens with zero attached hydrogens (tertiary/aromatic N) is 2. The summed E-state index contributed by atoms with van der Waals surface area (Å²) in [7, 11) is 1.63.